The summed E-state index contributed by atoms with van der Waals surface area (Å²) >= 11 is 0. The summed E-state index contributed by atoms with van der Waals surface area (Å²) < 4.78 is 6.96. The highest BCUT2D eigenvalue weighted by molar-refractivity contribution is 5.53. The van der Waals surface area contributed by atoms with Crippen LogP contribution in [0.4, 0.5) is 11.8 Å². The van der Waals surface area contributed by atoms with Gasteiger partial charge in [-0.1, -0.05) is 0 Å². The van der Waals surface area contributed by atoms with Crippen molar-refractivity contribution in [1.29, 1.82) is 0 Å². The molecular formula is C12H14N6O. The molecule has 0 aliphatic carbocycles. The first-order valence-electron chi connectivity index (χ1n) is 5.87. The summed E-state index contributed by atoms with van der Waals surface area (Å²) in [7, 11) is 1.65. The molecule has 0 saturated heterocycles. The number of aromatic amines is 1. The molecule has 98 valence electrons. The molecular weight excluding hydrogens is 244 g/mol. The summed E-state index contributed by atoms with van der Waals surface area (Å²) in [4.78, 5) is 8.74. The van der Waals surface area contributed by atoms with E-state index < -0.39 is 0 Å². The molecule has 3 heterocycles. The van der Waals surface area contributed by atoms with E-state index in [4.69, 9.17) is 4.74 Å². The number of hydrogen-bond donors (Lipinski definition) is 2. The molecule has 7 heteroatoms. The van der Waals surface area contributed by atoms with E-state index in [0.717, 1.165) is 22.9 Å². The van der Waals surface area contributed by atoms with Crippen molar-refractivity contribution < 1.29 is 4.74 Å². The number of rotatable bonds is 4. The van der Waals surface area contributed by atoms with E-state index in [2.05, 4.69) is 25.5 Å². The zero-order chi connectivity index (χ0) is 13.2. The van der Waals surface area contributed by atoms with Crippen LogP contribution in [-0.4, -0.2) is 31.7 Å². The van der Waals surface area contributed by atoms with E-state index in [-0.39, 0.29) is 0 Å². The molecule has 0 saturated carbocycles. The van der Waals surface area contributed by atoms with Gasteiger partial charge in [-0.3, -0.25) is 9.50 Å². The molecule has 0 radical (unpaired) electrons. The average molecular weight is 258 g/mol. The summed E-state index contributed by atoms with van der Waals surface area (Å²) in [6.45, 7) is 2.42. The number of aromatic nitrogens is 5. The fourth-order valence-corrected chi connectivity index (χ4v) is 1.88. The second kappa shape index (κ2) is 4.69. The number of hydrogen-bond acceptors (Lipinski definition) is 5. The molecule has 0 atom stereocenters. The predicted octanol–water partition coefficient (Wildman–Crippen LogP) is 1.65. The number of anilines is 2. The Hall–Kier alpha value is -2.41. The van der Waals surface area contributed by atoms with E-state index in [9.17, 15) is 0 Å². The number of H-pyrrole nitrogens is 1. The highest BCUT2D eigenvalue weighted by atomic mass is 16.5. The molecule has 3 rings (SSSR count). The lowest BCUT2D eigenvalue weighted by Gasteiger charge is -2.03. The smallest absolute Gasteiger partial charge is 0.214 e. The Balaban J connectivity index is 1.98. The zero-order valence-electron chi connectivity index (χ0n) is 10.7. The monoisotopic (exact) mass is 258 g/mol. The van der Waals surface area contributed by atoms with Crippen molar-refractivity contribution >= 4 is 17.4 Å². The number of fused-ring (bicyclic) bond motifs is 1. The lowest BCUT2D eigenvalue weighted by atomic mass is 10.5. The Morgan fingerprint density at radius 3 is 3.11 bits per heavy atom. The van der Waals surface area contributed by atoms with Crippen molar-refractivity contribution in [2.75, 3.05) is 12.4 Å². The van der Waals surface area contributed by atoms with Crippen LogP contribution in [0.5, 0.6) is 0 Å². The first-order chi connectivity index (χ1) is 9.26. The van der Waals surface area contributed by atoms with E-state index in [0.29, 0.717) is 12.6 Å². The van der Waals surface area contributed by atoms with E-state index >= 15 is 0 Å². The van der Waals surface area contributed by atoms with Gasteiger partial charge in [0.1, 0.15) is 5.65 Å². The van der Waals surface area contributed by atoms with Gasteiger partial charge in [-0.05, 0) is 13.0 Å². The van der Waals surface area contributed by atoms with Crippen LogP contribution in [0.2, 0.25) is 0 Å². The third-order valence-electron chi connectivity index (χ3n) is 2.67. The molecule has 2 N–H and O–H groups in total. The molecule has 0 spiro atoms. The lowest BCUT2D eigenvalue weighted by Crippen LogP contribution is -2.00. The van der Waals surface area contributed by atoms with Gasteiger partial charge < -0.3 is 10.1 Å². The first-order valence-corrected chi connectivity index (χ1v) is 5.87. The van der Waals surface area contributed by atoms with Crippen LogP contribution in [0.15, 0.2) is 24.5 Å². The molecule has 3 aromatic rings. The average Bonchev–Trinajstić information content (AvgIpc) is 2.96. The lowest BCUT2D eigenvalue weighted by molar-refractivity contribution is 0.182. The molecule has 0 aliphatic heterocycles. The first kappa shape index (κ1) is 11.7. The number of nitrogens with zero attached hydrogens (tertiary/aromatic N) is 4. The normalized spacial score (nSPS) is 11.1. The SMILES string of the molecule is COCc1cn2c(Nc3cc(C)[nH]n3)nccc2n1. The Morgan fingerprint density at radius 1 is 1.47 bits per heavy atom. The molecule has 0 aromatic carbocycles. The summed E-state index contributed by atoms with van der Waals surface area (Å²) in [6, 6.07) is 3.76. The molecule has 0 aliphatic rings. The Kier molecular flexibility index (Phi) is 2.88. The molecule has 0 amide bonds. The van der Waals surface area contributed by atoms with Gasteiger partial charge in [0.25, 0.3) is 0 Å². The Bertz CT molecular complexity index is 701. The van der Waals surface area contributed by atoms with Gasteiger partial charge in [0.2, 0.25) is 5.95 Å². The minimum atomic E-state index is 0.475. The minimum absolute atomic E-state index is 0.475. The maximum atomic E-state index is 5.08. The Labute approximate surface area is 109 Å². The number of nitrogens with one attached hydrogen (secondary N) is 2. The molecule has 0 bridgehead atoms. The minimum Gasteiger partial charge on any atom is -0.378 e. The molecule has 7 nitrogen and oxygen atoms in total. The molecule has 0 unspecified atom stereocenters. The molecule has 0 fully saturated rings. The van der Waals surface area contributed by atoms with Crippen LogP contribution in [0.1, 0.15) is 11.4 Å². The third kappa shape index (κ3) is 2.27. The van der Waals surface area contributed by atoms with Gasteiger partial charge in [0, 0.05) is 31.3 Å². The van der Waals surface area contributed by atoms with Crippen molar-refractivity contribution in [3.8, 4) is 0 Å². The fourth-order valence-electron chi connectivity index (χ4n) is 1.88. The fraction of sp³-hybridized carbons (Fsp3) is 0.250. The summed E-state index contributed by atoms with van der Waals surface area (Å²) in [5, 5.41) is 10.2. The molecule has 3 aromatic heterocycles. The van der Waals surface area contributed by atoms with E-state index in [1.54, 1.807) is 13.3 Å². The second-order valence-corrected chi connectivity index (χ2v) is 4.22. The van der Waals surface area contributed by atoms with Gasteiger partial charge in [0.05, 0.1) is 12.3 Å². The number of ether oxygens (including phenoxy) is 1. The van der Waals surface area contributed by atoms with Crippen LogP contribution < -0.4 is 5.32 Å². The number of imidazole rings is 1. The van der Waals surface area contributed by atoms with Crippen molar-refractivity contribution in [1.82, 2.24) is 24.6 Å². The van der Waals surface area contributed by atoms with Crippen LogP contribution >= 0.6 is 0 Å². The quantitative estimate of drug-likeness (QED) is 0.743. The summed E-state index contributed by atoms with van der Waals surface area (Å²) in [6.07, 6.45) is 3.61. The highest BCUT2D eigenvalue weighted by Gasteiger charge is 2.07. The van der Waals surface area contributed by atoms with Gasteiger partial charge in [-0.15, -0.1) is 0 Å². The maximum absolute atomic E-state index is 5.08. The van der Waals surface area contributed by atoms with Gasteiger partial charge in [-0.25, -0.2) is 9.97 Å². The Morgan fingerprint density at radius 2 is 2.37 bits per heavy atom. The van der Waals surface area contributed by atoms with Gasteiger partial charge in [-0.2, -0.15) is 5.10 Å². The van der Waals surface area contributed by atoms with Crippen LogP contribution in [0.3, 0.4) is 0 Å². The van der Waals surface area contributed by atoms with Gasteiger partial charge in [0.15, 0.2) is 5.82 Å². The van der Waals surface area contributed by atoms with Crippen LogP contribution in [-0.2, 0) is 11.3 Å². The van der Waals surface area contributed by atoms with Crippen LogP contribution in [0, 0.1) is 6.92 Å². The largest absolute Gasteiger partial charge is 0.378 e. The van der Waals surface area contributed by atoms with Crippen molar-refractivity contribution in [2.45, 2.75) is 13.5 Å². The molecule has 19 heavy (non-hydrogen) atoms. The number of aryl methyl sites for hydroxylation is 1. The van der Waals surface area contributed by atoms with E-state index in [1.165, 1.54) is 0 Å². The topological polar surface area (TPSA) is 80.1 Å². The summed E-state index contributed by atoms with van der Waals surface area (Å²) in [5.74, 6) is 1.39. The third-order valence-corrected chi connectivity index (χ3v) is 2.67. The maximum Gasteiger partial charge on any atom is 0.214 e. The van der Waals surface area contributed by atoms with E-state index in [1.807, 2.05) is 29.7 Å². The van der Waals surface area contributed by atoms with Crippen molar-refractivity contribution in [3.05, 3.63) is 35.9 Å². The van der Waals surface area contributed by atoms with Crippen LogP contribution in [0.25, 0.3) is 5.65 Å². The highest BCUT2D eigenvalue weighted by Crippen LogP contribution is 2.15. The van der Waals surface area contributed by atoms with Crippen molar-refractivity contribution in [3.63, 3.8) is 0 Å². The van der Waals surface area contributed by atoms with Gasteiger partial charge >= 0.3 is 0 Å². The summed E-state index contributed by atoms with van der Waals surface area (Å²) in [5.41, 5.74) is 2.66. The zero-order valence-corrected chi connectivity index (χ0v) is 10.7. The number of methoxy groups -OCH3 is 1. The predicted molar refractivity (Wildman–Crippen MR) is 70.3 cm³/mol. The standard InChI is InChI=1S/C12H14N6O/c1-8-5-10(17-16-8)15-12-13-4-3-11-14-9(7-19-2)6-18(11)12/h3-6H,7H2,1-2H3,(H2,13,15,16,17). The van der Waals surface area contributed by atoms with Crippen molar-refractivity contribution in [2.24, 2.45) is 0 Å². The second-order valence-electron chi connectivity index (χ2n) is 4.22.